The van der Waals surface area contributed by atoms with Gasteiger partial charge in [0.2, 0.25) is 5.91 Å². The molecule has 0 spiro atoms. The maximum Gasteiger partial charge on any atom is 0.410 e. The average Bonchev–Trinajstić information content (AvgIpc) is 3.15. The lowest BCUT2D eigenvalue weighted by atomic mass is 9.90. The maximum atomic E-state index is 12.9. The summed E-state index contributed by atoms with van der Waals surface area (Å²) < 4.78 is 10.3. The highest BCUT2D eigenvalue weighted by Gasteiger charge is 2.42. The molecular weight excluding hydrogens is 360 g/mol. The minimum atomic E-state index is -1.14. The van der Waals surface area contributed by atoms with Gasteiger partial charge in [-0.3, -0.25) is 9.69 Å². The van der Waals surface area contributed by atoms with Gasteiger partial charge in [-0.25, -0.2) is 9.59 Å². The third-order valence-electron chi connectivity index (χ3n) is 4.85. The second-order valence-electron chi connectivity index (χ2n) is 7.80. The van der Waals surface area contributed by atoms with E-state index in [2.05, 4.69) is 5.32 Å². The van der Waals surface area contributed by atoms with E-state index in [1.165, 1.54) is 12.0 Å². The fourth-order valence-corrected chi connectivity index (χ4v) is 3.64. The molecule has 154 valence electrons. The number of methoxy groups -OCH3 is 1. The van der Waals surface area contributed by atoms with Gasteiger partial charge in [0.25, 0.3) is 0 Å². The number of likely N-dealkylation sites (tertiary alicyclic amines) is 1. The number of hydrogen-bond donors (Lipinski definition) is 1. The number of amides is 2. The quantitative estimate of drug-likeness (QED) is 0.724. The highest BCUT2D eigenvalue weighted by Crippen LogP contribution is 2.23. The fraction of sp³-hybridized carbons (Fsp3) is 0.571. The molecule has 0 saturated carbocycles. The van der Waals surface area contributed by atoms with E-state index in [0.717, 1.165) is 5.56 Å². The molecule has 2 amide bonds. The molecule has 2 rings (SSSR count). The van der Waals surface area contributed by atoms with Crippen molar-refractivity contribution in [2.75, 3.05) is 13.7 Å². The Bertz CT molecular complexity index is 691. The van der Waals surface area contributed by atoms with Crippen LogP contribution in [0, 0.1) is 5.92 Å². The molecule has 1 fully saturated rings. The van der Waals surface area contributed by atoms with E-state index in [-0.39, 0.29) is 18.4 Å². The molecule has 7 nitrogen and oxygen atoms in total. The molecule has 2 atom stereocenters. The highest BCUT2D eigenvalue weighted by atomic mass is 16.6. The van der Waals surface area contributed by atoms with Crippen molar-refractivity contribution in [3.05, 3.63) is 35.9 Å². The summed E-state index contributed by atoms with van der Waals surface area (Å²) in [5, 5.41) is 2.81. The van der Waals surface area contributed by atoms with Crippen LogP contribution >= 0.6 is 0 Å². The van der Waals surface area contributed by atoms with Crippen molar-refractivity contribution in [1.29, 1.82) is 0 Å². The van der Waals surface area contributed by atoms with Gasteiger partial charge in [0.15, 0.2) is 0 Å². The third-order valence-corrected chi connectivity index (χ3v) is 4.85. The van der Waals surface area contributed by atoms with E-state index < -0.39 is 23.6 Å². The molecule has 28 heavy (non-hydrogen) atoms. The Morgan fingerprint density at radius 1 is 1.25 bits per heavy atom. The number of ether oxygens (including phenoxy) is 2. The number of rotatable bonds is 7. The maximum absolute atomic E-state index is 12.9. The molecule has 7 heteroatoms. The molecule has 0 radical (unpaired) electrons. The summed E-state index contributed by atoms with van der Waals surface area (Å²) in [5.74, 6) is -0.673. The second-order valence-corrected chi connectivity index (χ2v) is 7.80. The average molecular weight is 390 g/mol. The van der Waals surface area contributed by atoms with Crippen molar-refractivity contribution in [2.24, 2.45) is 5.92 Å². The monoisotopic (exact) mass is 390 g/mol. The number of carbonyl (C=O) groups excluding carboxylic acids is 3. The first-order valence-corrected chi connectivity index (χ1v) is 9.64. The lowest BCUT2D eigenvalue weighted by Gasteiger charge is -2.32. The molecule has 1 N–H and O–H groups in total. The van der Waals surface area contributed by atoms with Gasteiger partial charge in [0.05, 0.1) is 7.11 Å². The standard InChI is InChI=1S/C21H30N2O5/c1-15(2)13-21(3,19(25)27-4)22-18(24)17-11-8-12-23(17)20(26)28-14-16-9-6-5-7-10-16/h5-7,9-10,15,17H,8,11-14H2,1-4H3,(H,22,24)/t17-,21-/m0/s1. The zero-order valence-electron chi connectivity index (χ0n) is 17.1. The molecule has 1 heterocycles. The molecule has 1 aliphatic rings. The van der Waals surface area contributed by atoms with E-state index in [9.17, 15) is 14.4 Å². The topological polar surface area (TPSA) is 84.9 Å². The molecular formula is C21H30N2O5. The second kappa shape index (κ2) is 9.57. The van der Waals surface area contributed by atoms with Gasteiger partial charge in [-0.05, 0) is 37.7 Å². The summed E-state index contributed by atoms with van der Waals surface area (Å²) in [7, 11) is 1.30. The molecule has 1 saturated heterocycles. The van der Waals surface area contributed by atoms with Gasteiger partial charge >= 0.3 is 12.1 Å². The lowest BCUT2D eigenvalue weighted by molar-refractivity contribution is -0.151. The number of benzene rings is 1. The van der Waals surface area contributed by atoms with Gasteiger partial charge in [-0.2, -0.15) is 0 Å². The molecule has 0 unspecified atom stereocenters. The first kappa shape index (κ1) is 21.7. The molecule has 0 bridgehead atoms. The zero-order chi connectivity index (χ0) is 20.7. The van der Waals surface area contributed by atoms with Crippen molar-refractivity contribution >= 4 is 18.0 Å². The number of nitrogens with zero attached hydrogens (tertiary/aromatic N) is 1. The highest BCUT2D eigenvalue weighted by molar-refractivity contribution is 5.92. The van der Waals surface area contributed by atoms with E-state index in [4.69, 9.17) is 9.47 Å². The van der Waals surface area contributed by atoms with Crippen LogP contribution in [0.5, 0.6) is 0 Å². The number of hydrogen-bond acceptors (Lipinski definition) is 5. The van der Waals surface area contributed by atoms with Crippen LogP contribution in [-0.4, -0.2) is 48.1 Å². The Balaban J connectivity index is 2.02. The number of carbonyl (C=O) groups is 3. The predicted octanol–water partition coefficient (Wildman–Crippen LogP) is 2.88. The Morgan fingerprint density at radius 3 is 2.54 bits per heavy atom. The van der Waals surface area contributed by atoms with Crippen LogP contribution in [0.3, 0.4) is 0 Å². The number of nitrogens with one attached hydrogen (secondary N) is 1. The van der Waals surface area contributed by atoms with Crippen molar-refractivity contribution in [3.8, 4) is 0 Å². The van der Waals surface area contributed by atoms with Gasteiger partial charge in [0.1, 0.15) is 18.2 Å². The Labute approximate surface area is 166 Å². The number of esters is 1. The van der Waals surface area contributed by atoms with Crippen LogP contribution in [-0.2, 0) is 25.7 Å². The molecule has 1 aliphatic heterocycles. The fourth-order valence-electron chi connectivity index (χ4n) is 3.64. The van der Waals surface area contributed by atoms with Gasteiger partial charge in [-0.1, -0.05) is 44.2 Å². The van der Waals surface area contributed by atoms with Gasteiger partial charge in [-0.15, -0.1) is 0 Å². The van der Waals surface area contributed by atoms with Crippen LogP contribution in [0.25, 0.3) is 0 Å². The summed E-state index contributed by atoms with van der Waals surface area (Å²) in [6.45, 7) is 6.19. The minimum absolute atomic E-state index is 0.151. The summed E-state index contributed by atoms with van der Waals surface area (Å²) in [6, 6.07) is 8.72. The molecule has 1 aromatic rings. The van der Waals surface area contributed by atoms with E-state index in [1.54, 1.807) is 6.92 Å². The lowest BCUT2D eigenvalue weighted by Crippen LogP contribution is -2.58. The van der Waals surface area contributed by atoms with Crippen molar-refractivity contribution < 1.29 is 23.9 Å². The normalized spacial score (nSPS) is 18.5. The molecule has 0 aliphatic carbocycles. The first-order valence-electron chi connectivity index (χ1n) is 9.64. The van der Waals surface area contributed by atoms with Gasteiger partial charge in [0, 0.05) is 6.54 Å². The Kier molecular flexibility index (Phi) is 7.43. The Morgan fingerprint density at radius 2 is 1.93 bits per heavy atom. The summed E-state index contributed by atoms with van der Waals surface area (Å²) in [4.78, 5) is 39.1. The van der Waals surface area contributed by atoms with Crippen molar-refractivity contribution in [2.45, 2.75) is 58.2 Å². The Hall–Kier alpha value is -2.57. The van der Waals surface area contributed by atoms with E-state index >= 15 is 0 Å². The smallest absolute Gasteiger partial charge is 0.410 e. The van der Waals surface area contributed by atoms with Crippen molar-refractivity contribution in [1.82, 2.24) is 10.2 Å². The summed E-state index contributed by atoms with van der Waals surface area (Å²) in [6.07, 6.45) is 1.16. The van der Waals surface area contributed by atoms with E-state index in [1.807, 2.05) is 44.2 Å². The summed E-state index contributed by atoms with van der Waals surface area (Å²) >= 11 is 0. The van der Waals surface area contributed by atoms with Crippen LogP contribution in [0.4, 0.5) is 4.79 Å². The summed E-state index contributed by atoms with van der Waals surface area (Å²) in [5.41, 5.74) is -0.256. The third kappa shape index (κ3) is 5.47. The van der Waals surface area contributed by atoms with Crippen molar-refractivity contribution in [3.63, 3.8) is 0 Å². The van der Waals surface area contributed by atoms with Crippen LogP contribution in [0.1, 0.15) is 45.6 Å². The van der Waals surface area contributed by atoms with Gasteiger partial charge < -0.3 is 14.8 Å². The van der Waals surface area contributed by atoms with Crippen LogP contribution in [0.2, 0.25) is 0 Å². The zero-order valence-corrected chi connectivity index (χ0v) is 17.1. The van der Waals surface area contributed by atoms with Crippen LogP contribution < -0.4 is 5.32 Å². The largest absolute Gasteiger partial charge is 0.467 e. The minimum Gasteiger partial charge on any atom is -0.467 e. The van der Waals surface area contributed by atoms with Crippen LogP contribution in [0.15, 0.2) is 30.3 Å². The molecule has 1 aromatic carbocycles. The SMILES string of the molecule is COC(=O)[C@](C)(CC(C)C)NC(=O)[C@@H]1CCCN1C(=O)OCc1ccccc1. The molecule has 0 aromatic heterocycles. The predicted molar refractivity (Wildman–Crippen MR) is 104 cm³/mol. The van der Waals surface area contributed by atoms with E-state index in [0.29, 0.717) is 25.8 Å². The first-order chi connectivity index (χ1) is 13.3.